The molecular formula is C21H25BrN2O4. The fourth-order valence-electron chi connectivity index (χ4n) is 3.29. The highest BCUT2D eigenvalue weighted by Crippen LogP contribution is 2.31. The molecule has 0 bridgehead atoms. The van der Waals surface area contributed by atoms with Crippen LogP contribution >= 0.6 is 15.9 Å². The fourth-order valence-corrected chi connectivity index (χ4v) is 3.62. The standard InChI is InChI=1S/C21H25BrN2O4/c1-13-10-17(18(27-5)11-15(13)22)24-16-8-9-23(20(26)28-21(2,3)4)12-14(16)6-7-19(24)25/h6-7,10-11H,8-9,12H2,1-5H3. The first-order valence-corrected chi connectivity index (χ1v) is 9.96. The fraction of sp³-hybridized carbons (Fsp3) is 0.429. The minimum atomic E-state index is -0.543. The third kappa shape index (κ3) is 4.09. The van der Waals surface area contributed by atoms with Crippen LogP contribution < -0.4 is 10.3 Å². The van der Waals surface area contributed by atoms with Crippen molar-refractivity contribution in [3.63, 3.8) is 0 Å². The molecule has 2 aromatic rings. The maximum Gasteiger partial charge on any atom is 0.410 e. The molecule has 1 aliphatic rings. The van der Waals surface area contributed by atoms with Crippen molar-refractivity contribution in [2.75, 3.05) is 13.7 Å². The molecule has 0 spiro atoms. The van der Waals surface area contributed by atoms with Crippen molar-refractivity contribution < 1.29 is 14.3 Å². The van der Waals surface area contributed by atoms with Crippen LogP contribution in [0.1, 0.15) is 37.6 Å². The predicted molar refractivity (Wildman–Crippen MR) is 111 cm³/mol. The van der Waals surface area contributed by atoms with E-state index in [9.17, 15) is 9.59 Å². The van der Waals surface area contributed by atoms with Gasteiger partial charge in [-0.05, 0) is 57.0 Å². The monoisotopic (exact) mass is 448 g/mol. The van der Waals surface area contributed by atoms with E-state index in [1.54, 1.807) is 22.6 Å². The molecule has 0 aliphatic carbocycles. The summed E-state index contributed by atoms with van der Waals surface area (Å²) in [6, 6.07) is 7.13. The van der Waals surface area contributed by atoms with Gasteiger partial charge in [0.1, 0.15) is 11.4 Å². The Morgan fingerprint density at radius 1 is 1.21 bits per heavy atom. The first-order chi connectivity index (χ1) is 13.1. The van der Waals surface area contributed by atoms with Crippen molar-refractivity contribution in [2.45, 2.75) is 46.3 Å². The first-order valence-electron chi connectivity index (χ1n) is 9.17. The number of aromatic nitrogens is 1. The number of hydrogen-bond acceptors (Lipinski definition) is 4. The summed E-state index contributed by atoms with van der Waals surface area (Å²) in [5.74, 6) is 0.613. The van der Waals surface area contributed by atoms with Gasteiger partial charge in [0.25, 0.3) is 5.56 Å². The summed E-state index contributed by atoms with van der Waals surface area (Å²) in [6.45, 7) is 8.41. The molecule has 0 atom stereocenters. The number of pyridine rings is 1. The van der Waals surface area contributed by atoms with Gasteiger partial charge in [-0.1, -0.05) is 15.9 Å². The average Bonchev–Trinajstić information content (AvgIpc) is 2.62. The van der Waals surface area contributed by atoms with Gasteiger partial charge in [0.05, 0.1) is 19.3 Å². The Morgan fingerprint density at radius 2 is 1.93 bits per heavy atom. The molecule has 0 saturated carbocycles. The Bertz CT molecular complexity index is 976. The zero-order valence-corrected chi connectivity index (χ0v) is 18.4. The van der Waals surface area contributed by atoms with E-state index in [-0.39, 0.29) is 11.7 Å². The van der Waals surface area contributed by atoms with Crippen molar-refractivity contribution >= 4 is 22.0 Å². The second-order valence-corrected chi connectivity index (χ2v) is 8.76. The molecule has 0 fully saturated rings. The summed E-state index contributed by atoms with van der Waals surface area (Å²) < 4.78 is 13.6. The van der Waals surface area contributed by atoms with Crippen molar-refractivity contribution in [1.29, 1.82) is 0 Å². The molecular weight excluding hydrogens is 424 g/mol. The highest BCUT2D eigenvalue weighted by atomic mass is 79.9. The summed E-state index contributed by atoms with van der Waals surface area (Å²) in [6.07, 6.45) is 0.219. The quantitative estimate of drug-likeness (QED) is 0.689. The van der Waals surface area contributed by atoms with Crippen LogP contribution in [-0.4, -0.2) is 34.8 Å². The van der Waals surface area contributed by atoms with E-state index in [2.05, 4.69) is 15.9 Å². The number of fused-ring (bicyclic) bond motifs is 1. The van der Waals surface area contributed by atoms with Gasteiger partial charge in [0, 0.05) is 29.2 Å². The zero-order valence-electron chi connectivity index (χ0n) is 16.8. The van der Waals surface area contributed by atoms with Crippen LogP contribution in [-0.2, 0) is 17.7 Å². The van der Waals surface area contributed by atoms with Gasteiger partial charge in [-0.15, -0.1) is 0 Å². The number of nitrogens with zero attached hydrogens (tertiary/aromatic N) is 2. The van der Waals surface area contributed by atoms with Crippen LogP contribution in [0.3, 0.4) is 0 Å². The van der Waals surface area contributed by atoms with Gasteiger partial charge in [0.15, 0.2) is 0 Å². The van der Waals surface area contributed by atoms with Crippen molar-refractivity contribution in [3.05, 3.63) is 55.9 Å². The van der Waals surface area contributed by atoms with Crippen molar-refractivity contribution in [1.82, 2.24) is 9.47 Å². The Morgan fingerprint density at radius 3 is 2.57 bits per heavy atom. The number of ether oxygens (including phenoxy) is 2. The molecule has 7 heteroatoms. The van der Waals surface area contributed by atoms with Gasteiger partial charge in [-0.3, -0.25) is 9.36 Å². The van der Waals surface area contributed by atoms with Crippen LogP contribution in [0.15, 0.2) is 33.5 Å². The Labute approximate surface area is 173 Å². The molecule has 0 saturated heterocycles. The summed E-state index contributed by atoms with van der Waals surface area (Å²) in [7, 11) is 1.59. The van der Waals surface area contributed by atoms with E-state index in [1.165, 1.54) is 6.07 Å². The first kappa shape index (κ1) is 20.5. The molecule has 28 heavy (non-hydrogen) atoms. The van der Waals surface area contributed by atoms with E-state index < -0.39 is 5.60 Å². The lowest BCUT2D eigenvalue weighted by Crippen LogP contribution is -2.41. The van der Waals surface area contributed by atoms with Gasteiger partial charge in [0.2, 0.25) is 0 Å². The molecule has 0 N–H and O–H groups in total. The molecule has 3 rings (SSSR count). The number of aryl methyl sites for hydroxylation is 1. The van der Waals surface area contributed by atoms with Gasteiger partial charge >= 0.3 is 6.09 Å². The minimum absolute atomic E-state index is 0.121. The molecule has 1 aliphatic heterocycles. The molecule has 2 heterocycles. The summed E-state index contributed by atoms with van der Waals surface area (Å²) in [4.78, 5) is 26.9. The van der Waals surface area contributed by atoms with Crippen LogP contribution in [0, 0.1) is 6.92 Å². The number of carbonyl (C=O) groups is 1. The number of halogens is 1. The zero-order chi connectivity index (χ0) is 20.6. The number of carbonyl (C=O) groups excluding carboxylic acids is 1. The summed E-state index contributed by atoms with van der Waals surface area (Å²) in [5, 5.41) is 0. The summed E-state index contributed by atoms with van der Waals surface area (Å²) >= 11 is 3.51. The second-order valence-electron chi connectivity index (χ2n) is 7.90. The van der Waals surface area contributed by atoms with E-state index in [4.69, 9.17) is 9.47 Å². The third-order valence-corrected chi connectivity index (χ3v) is 5.47. The van der Waals surface area contributed by atoms with Gasteiger partial charge in [-0.2, -0.15) is 0 Å². The number of methoxy groups -OCH3 is 1. The highest BCUT2D eigenvalue weighted by Gasteiger charge is 2.28. The van der Waals surface area contributed by atoms with Crippen LogP contribution in [0.5, 0.6) is 5.75 Å². The third-order valence-electron chi connectivity index (χ3n) is 4.62. The smallest absolute Gasteiger partial charge is 0.410 e. The molecule has 0 radical (unpaired) electrons. The van der Waals surface area contributed by atoms with Crippen molar-refractivity contribution in [3.8, 4) is 11.4 Å². The minimum Gasteiger partial charge on any atom is -0.495 e. The highest BCUT2D eigenvalue weighted by molar-refractivity contribution is 9.10. The van der Waals surface area contributed by atoms with Crippen LogP contribution in [0.4, 0.5) is 4.79 Å². The molecule has 1 aromatic heterocycles. The maximum atomic E-state index is 12.7. The second kappa shape index (κ2) is 7.62. The van der Waals surface area contributed by atoms with E-state index >= 15 is 0 Å². The summed E-state index contributed by atoms with van der Waals surface area (Å²) in [5.41, 5.74) is 2.87. The van der Waals surface area contributed by atoms with Gasteiger partial charge in [-0.25, -0.2) is 4.79 Å². The van der Waals surface area contributed by atoms with E-state index in [0.29, 0.717) is 30.9 Å². The molecule has 1 aromatic carbocycles. The molecule has 6 nitrogen and oxygen atoms in total. The lowest BCUT2D eigenvalue weighted by atomic mass is 10.0. The molecule has 0 unspecified atom stereocenters. The van der Waals surface area contributed by atoms with Crippen LogP contribution in [0.25, 0.3) is 5.69 Å². The Hall–Kier alpha value is -2.28. The van der Waals surface area contributed by atoms with Gasteiger partial charge < -0.3 is 14.4 Å². The normalized spacial score (nSPS) is 13.9. The lowest BCUT2D eigenvalue weighted by molar-refractivity contribution is 0.0222. The lowest BCUT2D eigenvalue weighted by Gasteiger charge is -2.32. The number of rotatable bonds is 2. The largest absolute Gasteiger partial charge is 0.495 e. The molecule has 1 amide bonds. The van der Waals surface area contributed by atoms with Crippen molar-refractivity contribution in [2.24, 2.45) is 0 Å². The van der Waals surface area contributed by atoms with E-state index in [1.807, 2.05) is 39.8 Å². The topological polar surface area (TPSA) is 60.8 Å². The van der Waals surface area contributed by atoms with E-state index in [0.717, 1.165) is 21.3 Å². The average molecular weight is 449 g/mol. The van der Waals surface area contributed by atoms with Crippen LogP contribution in [0.2, 0.25) is 0 Å². The number of benzene rings is 1. The SMILES string of the molecule is COc1cc(Br)c(C)cc1-n1c2c(ccc1=O)CN(C(=O)OC(C)(C)C)CC2. The number of amides is 1. The Kier molecular flexibility index (Phi) is 5.57. The predicted octanol–water partition coefficient (Wildman–Crippen LogP) is 4.21. The maximum absolute atomic E-state index is 12.7. The number of hydrogen-bond donors (Lipinski definition) is 0. The Balaban J connectivity index is 2.03. The molecule has 150 valence electrons.